The zero-order valence-corrected chi connectivity index (χ0v) is 10.9. The van der Waals surface area contributed by atoms with E-state index < -0.39 is 0 Å². The Morgan fingerprint density at radius 2 is 1.81 bits per heavy atom. The van der Waals surface area contributed by atoms with Gasteiger partial charge in [0.25, 0.3) is 0 Å². The molecule has 0 bridgehead atoms. The Labute approximate surface area is 101 Å². The normalized spacial score (nSPS) is 32.1. The first kappa shape index (κ1) is 12.4. The molecule has 1 saturated heterocycles. The minimum atomic E-state index is 0.812. The average Bonchev–Trinajstić information content (AvgIpc) is 2.79. The minimum absolute atomic E-state index is 0.812. The van der Waals surface area contributed by atoms with E-state index in [1.54, 1.807) is 0 Å². The molecule has 0 aromatic carbocycles. The van der Waals surface area contributed by atoms with Crippen molar-refractivity contribution >= 4 is 0 Å². The predicted molar refractivity (Wildman–Crippen MR) is 69.7 cm³/mol. The van der Waals surface area contributed by atoms with Crippen LogP contribution >= 0.6 is 0 Å². The van der Waals surface area contributed by atoms with Crippen molar-refractivity contribution in [1.29, 1.82) is 0 Å². The Kier molecular flexibility index (Phi) is 5.11. The second-order valence-electron chi connectivity index (χ2n) is 5.72. The van der Waals surface area contributed by atoms with Crippen molar-refractivity contribution < 1.29 is 0 Å². The Morgan fingerprint density at radius 1 is 1.06 bits per heavy atom. The molecule has 16 heavy (non-hydrogen) atoms. The fourth-order valence-electron chi connectivity index (χ4n) is 3.22. The van der Waals surface area contributed by atoms with E-state index in [4.69, 9.17) is 0 Å². The molecule has 2 nitrogen and oxygen atoms in total. The standard InChI is InChI=1S/C14H28N2/c1-13-7-2-3-8-14(13)15-9-6-12-16-10-4-5-11-16/h13-15H,2-12H2,1H3. The summed E-state index contributed by atoms with van der Waals surface area (Å²) in [5.41, 5.74) is 0. The van der Waals surface area contributed by atoms with Crippen molar-refractivity contribution in [1.82, 2.24) is 10.2 Å². The number of nitrogens with zero attached hydrogens (tertiary/aromatic N) is 1. The van der Waals surface area contributed by atoms with Gasteiger partial charge in [-0.2, -0.15) is 0 Å². The summed E-state index contributed by atoms with van der Waals surface area (Å²) in [6.45, 7) is 7.65. The highest BCUT2D eigenvalue weighted by Gasteiger charge is 2.20. The summed E-state index contributed by atoms with van der Waals surface area (Å²) < 4.78 is 0. The first-order chi connectivity index (χ1) is 7.86. The lowest BCUT2D eigenvalue weighted by Crippen LogP contribution is -2.38. The predicted octanol–water partition coefficient (Wildman–Crippen LogP) is 2.64. The third-order valence-corrected chi connectivity index (χ3v) is 4.37. The van der Waals surface area contributed by atoms with Crippen LogP contribution in [0.15, 0.2) is 0 Å². The van der Waals surface area contributed by atoms with Crippen LogP contribution in [0.2, 0.25) is 0 Å². The molecular weight excluding hydrogens is 196 g/mol. The van der Waals surface area contributed by atoms with Gasteiger partial charge in [0, 0.05) is 6.04 Å². The molecule has 1 N–H and O–H groups in total. The Bertz CT molecular complexity index is 187. The summed E-state index contributed by atoms with van der Waals surface area (Å²) in [5.74, 6) is 0.903. The van der Waals surface area contributed by atoms with Gasteiger partial charge >= 0.3 is 0 Å². The van der Waals surface area contributed by atoms with Gasteiger partial charge in [-0.3, -0.25) is 0 Å². The van der Waals surface area contributed by atoms with Crippen LogP contribution in [0.4, 0.5) is 0 Å². The van der Waals surface area contributed by atoms with Crippen LogP contribution in [0.3, 0.4) is 0 Å². The summed E-state index contributed by atoms with van der Waals surface area (Å²) in [6, 6.07) is 0.812. The van der Waals surface area contributed by atoms with E-state index in [-0.39, 0.29) is 0 Å². The quantitative estimate of drug-likeness (QED) is 0.722. The molecule has 0 aromatic heterocycles. The molecule has 1 saturated carbocycles. The van der Waals surface area contributed by atoms with Gasteiger partial charge in [-0.15, -0.1) is 0 Å². The molecule has 2 fully saturated rings. The SMILES string of the molecule is CC1CCCCC1NCCCN1CCCC1. The zero-order chi connectivity index (χ0) is 11.2. The smallest absolute Gasteiger partial charge is 0.00926 e. The fraction of sp³-hybridized carbons (Fsp3) is 1.00. The van der Waals surface area contributed by atoms with Gasteiger partial charge in [-0.25, -0.2) is 0 Å². The van der Waals surface area contributed by atoms with E-state index in [0.29, 0.717) is 0 Å². The number of rotatable bonds is 5. The van der Waals surface area contributed by atoms with Crippen molar-refractivity contribution in [3.63, 3.8) is 0 Å². The van der Waals surface area contributed by atoms with Crippen LogP contribution in [-0.4, -0.2) is 37.1 Å². The number of hydrogen-bond acceptors (Lipinski definition) is 2. The monoisotopic (exact) mass is 224 g/mol. The largest absolute Gasteiger partial charge is 0.314 e. The van der Waals surface area contributed by atoms with Crippen molar-refractivity contribution in [2.75, 3.05) is 26.2 Å². The van der Waals surface area contributed by atoms with E-state index in [0.717, 1.165) is 12.0 Å². The fourth-order valence-corrected chi connectivity index (χ4v) is 3.22. The van der Waals surface area contributed by atoms with Gasteiger partial charge in [-0.1, -0.05) is 19.8 Å². The summed E-state index contributed by atoms with van der Waals surface area (Å²) in [4.78, 5) is 2.62. The lowest BCUT2D eigenvalue weighted by Gasteiger charge is -2.30. The highest BCUT2D eigenvalue weighted by Crippen LogP contribution is 2.23. The van der Waals surface area contributed by atoms with Gasteiger partial charge in [-0.05, 0) is 64.2 Å². The highest BCUT2D eigenvalue weighted by molar-refractivity contribution is 4.78. The van der Waals surface area contributed by atoms with E-state index in [1.165, 1.54) is 71.1 Å². The zero-order valence-electron chi connectivity index (χ0n) is 10.9. The van der Waals surface area contributed by atoms with Crippen LogP contribution in [0.5, 0.6) is 0 Å². The molecule has 2 heteroatoms. The van der Waals surface area contributed by atoms with E-state index in [2.05, 4.69) is 17.1 Å². The molecule has 0 spiro atoms. The van der Waals surface area contributed by atoms with E-state index >= 15 is 0 Å². The molecular formula is C14H28N2. The molecule has 1 aliphatic carbocycles. The lowest BCUT2D eigenvalue weighted by molar-refractivity contribution is 0.270. The Morgan fingerprint density at radius 3 is 2.56 bits per heavy atom. The van der Waals surface area contributed by atoms with Gasteiger partial charge < -0.3 is 10.2 Å². The highest BCUT2D eigenvalue weighted by atomic mass is 15.1. The number of hydrogen-bond donors (Lipinski definition) is 1. The summed E-state index contributed by atoms with van der Waals surface area (Å²) in [7, 11) is 0. The van der Waals surface area contributed by atoms with Crippen LogP contribution < -0.4 is 5.32 Å². The maximum atomic E-state index is 3.77. The second-order valence-corrected chi connectivity index (χ2v) is 5.72. The summed E-state index contributed by atoms with van der Waals surface area (Å²) in [5, 5.41) is 3.77. The van der Waals surface area contributed by atoms with Gasteiger partial charge in [0.2, 0.25) is 0 Å². The van der Waals surface area contributed by atoms with Gasteiger partial charge in [0.05, 0.1) is 0 Å². The third-order valence-electron chi connectivity index (χ3n) is 4.37. The van der Waals surface area contributed by atoms with Crippen molar-refractivity contribution in [3.05, 3.63) is 0 Å². The van der Waals surface area contributed by atoms with Crippen LogP contribution in [0.1, 0.15) is 51.9 Å². The second kappa shape index (κ2) is 6.61. The molecule has 2 atom stereocenters. The van der Waals surface area contributed by atoms with Gasteiger partial charge in [0.1, 0.15) is 0 Å². The van der Waals surface area contributed by atoms with Crippen LogP contribution in [0.25, 0.3) is 0 Å². The molecule has 0 amide bonds. The molecule has 94 valence electrons. The maximum Gasteiger partial charge on any atom is 0.00926 e. The molecule has 2 unspecified atom stereocenters. The minimum Gasteiger partial charge on any atom is -0.314 e. The Hall–Kier alpha value is -0.0800. The molecule has 1 heterocycles. The van der Waals surface area contributed by atoms with Crippen molar-refractivity contribution in [2.24, 2.45) is 5.92 Å². The topological polar surface area (TPSA) is 15.3 Å². The maximum absolute atomic E-state index is 3.77. The lowest BCUT2D eigenvalue weighted by atomic mass is 9.86. The first-order valence-corrected chi connectivity index (χ1v) is 7.32. The van der Waals surface area contributed by atoms with E-state index in [1.807, 2.05) is 0 Å². The van der Waals surface area contributed by atoms with Gasteiger partial charge in [0.15, 0.2) is 0 Å². The summed E-state index contributed by atoms with van der Waals surface area (Å²) in [6.07, 6.45) is 9.92. The molecule has 2 aliphatic rings. The van der Waals surface area contributed by atoms with Crippen molar-refractivity contribution in [2.45, 2.75) is 57.9 Å². The number of likely N-dealkylation sites (tertiary alicyclic amines) is 1. The number of nitrogens with one attached hydrogen (secondary N) is 1. The molecule has 0 aromatic rings. The molecule has 0 radical (unpaired) electrons. The average molecular weight is 224 g/mol. The summed E-state index contributed by atoms with van der Waals surface area (Å²) >= 11 is 0. The third kappa shape index (κ3) is 3.74. The van der Waals surface area contributed by atoms with E-state index in [9.17, 15) is 0 Å². The molecule has 2 rings (SSSR count). The molecule has 1 aliphatic heterocycles. The Balaban J connectivity index is 1.53. The van der Waals surface area contributed by atoms with Crippen LogP contribution in [-0.2, 0) is 0 Å². The van der Waals surface area contributed by atoms with Crippen molar-refractivity contribution in [3.8, 4) is 0 Å². The first-order valence-electron chi connectivity index (χ1n) is 7.32. The van der Waals surface area contributed by atoms with Crippen LogP contribution in [0, 0.1) is 5.92 Å².